The van der Waals surface area contributed by atoms with Gasteiger partial charge in [0, 0.05) is 10.9 Å². The molecule has 0 bridgehead atoms. The average Bonchev–Trinajstić information content (AvgIpc) is 2.77. The molecule has 1 atom stereocenters. The molecule has 20 heavy (non-hydrogen) atoms. The molecule has 0 radical (unpaired) electrons. The van der Waals surface area contributed by atoms with Crippen LogP contribution in [0.4, 0.5) is 0 Å². The second-order valence-corrected chi connectivity index (χ2v) is 5.54. The van der Waals surface area contributed by atoms with E-state index in [2.05, 4.69) is 5.32 Å². The van der Waals surface area contributed by atoms with Crippen LogP contribution in [0.2, 0.25) is 0 Å². The number of carbonyl (C=O) groups excluding carboxylic acids is 1. The zero-order valence-corrected chi connectivity index (χ0v) is 12.1. The molecule has 0 unspecified atom stereocenters. The van der Waals surface area contributed by atoms with Gasteiger partial charge in [-0.05, 0) is 24.5 Å². The number of fused-ring (bicyclic) bond motifs is 1. The summed E-state index contributed by atoms with van der Waals surface area (Å²) in [6.45, 7) is 5.89. The number of aliphatic hydroxyl groups is 1. The van der Waals surface area contributed by atoms with Crippen molar-refractivity contribution < 1.29 is 14.3 Å². The normalized spacial score (nSPS) is 12.8. The molecule has 4 nitrogen and oxygen atoms in total. The third-order valence-electron chi connectivity index (χ3n) is 3.51. The first-order valence-corrected chi connectivity index (χ1v) is 6.88. The summed E-state index contributed by atoms with van der Waals surface area (Å²) in [4.78, 5) is 12.0. The number of amides is 1. The first kappa shape index (κ1) is 14.6. The molecule has 1 aromatic carbocycles. The molecule has 2 rings (SSSR count). The van der Waals surface area contributed by atoms with Gasteiger partial charge in [0.1, 0.15) is 5.58 Å². The topological polar surface area (TPSA) is 62.5 Å². The van der Waals surface area contributed by atoms with Crippen molar-refractivity contribution >= 4 is 16.9 Å². The summed E-state index contributed by atoms with van der Waals surface area (Å²) in [5.41, 5.74) is 2.80. The Kier molecular flexibility index (Phi) is 4.45. The smallest absolute Gasteiger partial charge is 0.224 e. The molecule has 0 aliphatic carbocycles. The summed E-state index contributed by atoms with van der Waals surface area (Å²) < 4.78 is 5.48. The summed E-state index contributed by atoms with van der Waals surface area (Å²) in [5.74, 6) is 0.105. The fourth-order valence-electron chi connectivity index (χ4n) is 2.18. The van der Waals surface area contributed by atoms with E-state index in [-0.39, 0.29) is 30.9 Å². The number of hydrogen-bond donors (Lipinski definition) is 2. The minimum atomic E-state index is -0.206. The molecule has 1 amide bonds. The molecule has 1 aromatic heterocycles. The number of carbonyl (C=O) groups is 1. The van der Waals surface area contributed by atoms with Gasteiger partial charge in [-0.15, -0.1) is 0 Å². The summed E-state index contributed by atoms with van der Waals surface area (Å²) in [6, 6.07) is 5.73. The van der Waals surface area contributed by atoms with Crippen molar-refractivity contribution in [3.05, 3.63) is 35.6 Å². The molecule has 0 fully saturated rings. The molecule has 0 saturated heterocycles. The molecule has 108 valence electrons. The van der Waals surface area contributed by atoms with Crippen LogP contribution in [-0.4, -0.2) is 23.7 Å². The van der Waals surface area contributed by atoms with Crippen molar-refractivity contribution in [2.45, 2.75) is 33.2 Å². The van der Waals surface area contributed by atoms with Crippen LogP contribution >= 0.6 is 0 Å². The van der Waals surface area contributed by atoms with Crippen LogP contribution in [-0.2, 0) is 11.2 Å². The van der Waals surface area contributed by atoms with E-state index in [1.54, 1.807) is 6.26 Å². The molecule has 2 N–H and O–H groups in total. The highest BCUT2D eigenvalue weighted by Gasteiger charge is 2.16. The Morgan fingerprint density at radius 2 is 2.15 bits per heavy atom. The highest BCUT2D eigenvalue weighted by Crippen LogP contribution is 2.22. The lowest BCUT2D eigenvalue weighted by molar-refractivity contribution is -0.121. The van der Waals surface area contributed by atoms with Crippen molar-refractivity contribution in [2.75, 3.05) is 6.61 Å². The number of nitrogens with one attached hydrogen (secondary N) is 1. The predicted octanol–water partition coefficient (Wildman–Crippen LogP) is 2.42. The average molecular weight is 275 g/mol. The molecule has 2 aromatic rings. The maximum atomic E-state index is 12.0. The second kappa shape index (κ2) is 6.09. The monoisotopic (exact) mass is 275 g/mol. The van der Waals surface area contributed by atoms with Gasteiger partial charge in [0.25, 0.3) is 0 Å². The number of benzene rings is 1. The third kappa shape index (κ3) is 3.20. The number of hydrogen-bond acceptors (Lipinski definition) is 3. The van der Waals surface area contributed by atoms with Gasteiger partial charge in [-0.3, -0.25) is 4.79 Å². The Labute approximate surface area is 118 Å². The molecule has 0 aliphatic heterocycles. The van der Waals surface area contributed by atoms with E-state index in [1.807, 2.05) is 39.0 Å². The molecular weight excluding hydrogens is 254 g/mol. The minimum Gasteiger partial charge on any atom is -0.464 e. The van der Waals surface area contributed by atoms with E-state index in [0.717, 1.165) is 22.1 Å². The Bertz CT molecular complexity index is 601. The Hall–Kier alpha value is -1.81. The van der Waals surface area contributed by atoms with Crippen LogP contribution in [0, 0.1) is 12.8 Å². The number of rotatable bonds is 5. The van der Waals surface area contributed by atoms with E-state index in [1.165, 1.54) is 0 Å². The lowest BCUT2D eigenvalue weighted by Gasteiger charge is -2.19. The molecule has 0 saturated carbocycles. The zero-order chi connectivity index (χ0) is 14.7. The van der Waals surface area contributed by atoms with Crippen LogP contribution in [0.3, 0.4) is 0 Å². The Morgan fingerprint density at radius 1 is 1.40 bits per heavy atom. The van der Waals surface area contributed by atoms with Gasteiger partial charge in [-0.1, -0.05) is 26.0 Å². The van der Waals surface area contributed by atoms with E-state index in [9.17, 15) is 9.90 Å². The van der Waals surface area contributed by atoms with Gasteiger partial charge in [0.05, 0.1) is 25.3 Å². The number of aryl methyl sites for hydroxylation is 1. The van der Waals surface area contributed by atoms with E-state index in [4.69, 9.17) is 4.42 Å². The molecular formula is C16H21NO3. The largest absolute Gasteiger partial charge is 0.464 e. The van der Waals surface area contributed by atoms with Crippen LogP contribution in [0.15, 0.2) is 28.9 Å². The van der Waals surface area contributed by atoms with Crippen molar-refractivity contribution in [2.24, 2.45) is 5.92 Å². The second-order valence-electron chi connectivity index (χ2n) is 5.54. The van der Waals surface area contributed by atoms with Gasteiger partial charge in [-0.2, -0.15) is 0 Å². The first-order valence-electron chi connectivity index (χ1n) is 6.88. The maximum absolute atomic E-state index is 12.0. The Morgan fingerprint density at radius 3 is 2.80 bits per heavy atom. The summed E-state index contributed by atoms with van der Waals surface area (Å²) in [7, 11) is 0. The van der Waals surface area contributed by atoms with Gasteiger partial charge in [0.15, 0.2) is 0 Å². The van der Waals surface area contributed by atoms with E-state index < -0.39 is 0 Å². The van der Waals surface area contributed by atoms with E-state index in [0.29, 0.717) is 0 Å². The maximum Gasteiger partial charge on any atom is 0.224 e. The van der Waals surface area contributed by atoms with E-state index >= 15 is 0 Å². The van der Waals surface area contributed by atoms with Crippen LogP contribution in [0.5, 0.6) is 0 Å². The molecule has 4 heteroatoms. The van der Waals surface area contributed by atoms with Crippen molar-refractivity contribution in [3.8, 4) is 0 Å². The van der Waals surface area contributed by atoms with Gasteiger partial charge in [-0.25, -0.2) is 0 Å². The number of furan rings is 1. The van der Waals surface area contributed by atoms with Crippen molar-refractivity contribution in [1.82, 2.24) is 5.32 Å². The summed E-state index contributed by atoms with van der Waals surface area (Å²) >= 11 is 0. The number of aliphatic hydroxyl groups excluding tert-OH is 1. The lowest BCUT2D eigenvalue weighted by atomic mass is 10.0. The first-order chi connectivity index (χ1) is 9.51. The van der Waals surface area contributed by atoms with Gasteiger partial charge >= 0.3 is 0 Å². The fraction of sp³-hybridized carbons (Fsp3) is 0.438. The quantitative estimate of drug-likeness (QED) is 0.881. The zero-order valence-electron chi connectivity index (χ0n) is 12.1. The fourth-order valence-corrected chi connectivity index (χ4v) is 2.18. The molecule has 0 aliphatic rings. The minimum absolute atomic E-state index is 0.0469. The standard InChI is InChI=1S/C16H21NO3/c1-10(2)14(8-18)17-16(19)7-12-9-20-15-6-11(3)4-5-13(12)15/h4-6,9-10,14,18H,7-8H2,1-3H3,(H,17,19)/t14-/m1/s1. The van der Waals surface area contributed by atoms with Crippen LogP contribution in [0.1, 0.15) is 25.0 Å². The van der Waals surface area contributed by atoms with Gasteiger partial charge < -0.3 is 14.8 Å². The third-order valence-corrected chi connectivity index (χ3v) is 3.51. The highest BCUT2D eigenvalue weighted by atomic mass is 16.3. The molecule has 0 spiro atoms. The highest BCUT2D eigenvalue weighted by molar-refractivity contribution is 5.88. The van der Waals surface area contributed by atoms with Crippen LogP contribution < -0.4 is 5.32 Å². The van der Waals surface area contributed by atoms with Gasteiger partial charge in [0.2, 0.25) is 5.91 Å². The van der Waals surface area contributed by atoms with Crippen molar-refractivity contribution in [3.63, 3.8) is 0 Å². The summed E-state index contributed by atoms with van der Waals surface area (Å²) in [5, 5.41) is 13.1. The predicted molar refractivity (Wildman–Crippen MR) is 78.5 cm³/mol. The lowest BCUT2D eigenvalue weighted by Crippen LogP contribution is -2.41. The Balaban J connectivity index is 2.10. The SMILES string of the molecule is Cc1ccc2c(CC(=O)N[C@H](CO)C(C)C)coc2c1. The summed E-state index contributed by atoms with van der Waals surface area (Å²) in [6.07, 6.45) is 1.90. The molecule has 1 heterocycles. The van der Waals surface area contributed by atoms with Crippen molar-refractivity contribution in [1.29, 1.82) is 0 Å². The van der Waals surface area contributed by atoms with Crippen LogP contribution in [0.25, 0.3) is 11.0 Å².